The van der Waals surface area contributed by atoms with Crippen molar-refractivity contribution in [2.75, 3.05) is 0 Å². The highest BCUT2D eigenvalue weighted by atomic mass is 16.6. The first-order valence-electron chi connectivity index (χ1n) is 13.4. The van der Waals surface area contributed by atoms with E-state index in [1.165, 1.54) is 0 Å². The molecule has 0 radical (unpaired) electrons. The van der Waals surface area contributed by atoms with Gasteiger partial charge in [-0.15, -0.1) is 0 Å². The van der Waals surface area contributed by atoms with Crippen molar-refractivity contribution < 1.29 is 19.1 Å². The second kappa shape index (κ2) is 11.6. The molecule has 3 rings (SSSR count). The summed E-state index contributed by atoms with van der Waals surface area (Å²) < 4.78 is 5.50. The fourth-order valence-corrected chi connectivity index (χ4v) is 4.36. The molecule has 0 aromatic heterocycles. The standard InChI is InChI=1S/C31H43N3O4/c1-20-14-15-23(18-21(20)2)26(27(35)33-30(3,4)5)34(24-16-17-24)28(36)25(19-22-12-10-9-11-13-22)32-29(37)38-31(6,7)8/h9-15,18,24-26H,16-17,19H2,1-8H3,(H,32,37)(H,33,35). The lowest BCUT2D eigenvalue weighted by molar-refractivity contribution is -0.143. The van der Waals surface area contributed by atoms with Crippen LogP contribution in [0.25, 0.3) is 0 Å². The van der Waals surface area contributed by atoms with Gasteiger partial charge in [0.2, 0.25) is 11.8 Å². The zero-order valence-electron chi connectivity index (χ0n) is 24.1. The van der Waals surface area contributed by atoms with E-state index in [0.717, 1.165) is 35.1 Å². The second-order valence-electron chi connectivity index (χ2n) is 12.4. The summed E-state index contributed by atoms with van der Waals surface area (Å²) in [4.78, 5) is 42.7. The lowest BCUT2D eigenvalue weighted by Crippen LogP contribution is -2.55. The molecule has 7 heteroatoms. The number of hydrogen-bond donors (Lipinski definition) is 2. The van der Waals surface area contributed by atoms with Crippen LogP contribution in [0.3, 0.4) is 0 Å². The van der Waals surface area contributed by atoms with E-state index in [1.807, 2.05) is 83.1 Å². The van der Waals surface area contributed by atoms with Crippen molar-refractivity contribution in [3.63, 3.8) is 0 Å². The molecule has 0 heterocycles. The molecule has 2 aromatic rings. The van der Waals surface area contributed by atoms with Gasteiger partial charge in [0, 0.05) is 18.0 Å². The van der Waals surface area contributed by atoms with Crippen LogP contribution in [0.1, 0.15) is 82.7 Å². The first-order valence-corrected chi connectivity index (χ1v) is 13.4. The molecule has 1 aliphatic rings. The van der Waals surface area contributed by atoms with Gasteiger partial charge in [0.05, 0.1) is 0 Å². The van der Waals surface area contributed by atoms with E-state index in [1.54, 1.807) is 25.7 Å². The van der Waals surface area contributed by atoms with Gasteiger partial charge in [0.25, 0.3) is 0 Å². The van der Waals surface area contributed by atoms with Gasteiger partial charge in [-0.2, -0.15) is 0 Å². The van der Waals surface area contributed by atoms with Crippen molar-refractivity contribution in [3.05, 3.63) is 70.8 Å². The molecule has 38 heavy (non-hydrogen) atoms. The normalized spacial score (nSPS) is 15.3. The van der Waals surface area contributed by atoms with Crippen LogP contribution in [0, 0.1) is 13.8 Å². The fourth-order valence-electron chi connectivity index (χ4n) is 4.36. The van der Waals surface area contributed by atoms with Gasteiger partial charge in [0.15, 0.2) is 0 Å². The molecule has 7 nitrogen and oxygen atoms in total. The molecule has 2 atom stereocenters. The summed E-state index contributed by atoms with van der Waals surface area (Å²) in [5.74, 6) is -0.536. The van der Waals surface area contributed by atoms with Gasteiger partial charge < -0.3 is 20.3 Å². The molecule has 3 amide bonds. The molecular formula is C31H43N3O4. The maximum Gasteiger partial charge on any atom is 0.408 e. The van der Waals surface area contributed by atoms with E-state index in [4.69, 9.17) is 4.74 Å². The molecular weight excluding hydrogens is 478 g/mol. The molecule has 1 fully saturated rings. The van der Waals surface area contributed by atoms with Crippen LogP contribution >= 0.6 is 0 Å². The molecule has 0 spiro atoms. The number of nitrogens with one attached hydrogen (secondary N) is 2. The summed E-state index contributed by atoms with van der Waals surface area (Å²) >= 11 is 0. The third-order valence-electron chi connectivity index (χ3n) is 6.34. The second-order valence-corrected chi connectivity index (χ2v) is 12.4. The highest BCUT2D eigenvalue weighted by molar-refractivity contribution is 5.93. The number of ether oxygens (including phenoxy) is 1. The van der Waals surface area contributed by atoms with E-state index in [0.29, 0.717) is 0 Å². The SMILES string of the molecule is Cc1ccc(C(C(=O)NC(C)(C)C)N(C(=O)C(Cc2ccccc2)NC(=O)OC(C)(C)C)C2CC2)cc1C. The van der Waals surface area contributed by atoms with Gasteiger partial charge in [-0.3, -0.25) is 9.59 Å². The van der Waals surface area contributed by atoms with Gasteiger partial charge in [0.1, 0.15) is 17.7 Å². The predicted molar refractivity (Wildman–Crippen MR) is 150 cm³/mol. The summed E-state index contributed by atoms with van der Waals surface area (Å²) in [7, 11) is 0. The predicted octanol–water partition coefficient (Wildman–Crippen LogP) is 5.39. The largest absolute Gasteiger partial charge is 0.444 e. The fraction of sp³-hybridized carbons (Fsp3) is 0.516. The minimum atomic E-state index is -0.899. The Morgan fingerprint density at radius 2 is 1.58 bits per heavy atom. The smallest absolute Gasteiger partial charge is 0.408 e. The van der Waals surface area contributed by atoms with E-state index >= 15 is 0 Å². The van der Waals surface area contributed by atoms with Crippen LogP contribution in [-0.4, -0.2) is 46.0 Å². The molecule has 2 N–H and O–H groups in total. The van der Waals surface area contributed by atoms with Crippen molar-refractivity contribution in [1.82, 2.24) is 15.5 Å². The monoisotopic (exact) mass is 521 g/mol. The number of benzene rings is 2. The van der Waals surface area contributed by atoms with Gasteiger partial charge in [-0.25, -0.2) is 4.79 Å². The molecule has 2 aromatic carbocycles. The summed E-state index contributed by atoms with van der Waals surface area (Å²) in [6.45, 7) is 15.1. The Hall–Kier alpha value is -3.35. The Morgan fingerprint density at radius 1 is 0.947 bits per heavy atom. The number of amides is 3. The van der Waals surface area contributed by atoms with Crippen LogP contribution in [0.15, 0.2) is 48.5 Å². The zero-order valence-corrected chi connectivity index (χ0v) is 24.1. The molecule has 2 unspecified atom stereocenters. The summed E-state index contributed by atoms with van der Waals surface area (Å²) in [5, 5.41) is 5.90. The maximum absolute atomic E-state index is 14.3. The molecule has 0 aliphatic heterocycles. The molecule has 0 saturated heterocycles. The number of nitrogens with zero attached hydrogens (tertiary/aromatic N) is 1. The van der Waals surface area contributed by atoms with Crippen LogP contribution in [-0.2, 0) is 20.7 Å². The van der Waals surface area contributed by atoms with E-state index in [9.17, 15) is 14.4 Å². The number of hydrogen-bond acceptors (Lipinski definition) is 4. The first-order chi connectivity index (χ1) is 17.6. The Bertz CT molecular complexity index is 1140. The topological polar surface area (TPSA) is 87.7 Å². The minimum absolute atomic E-state index is 0.0847. The van der Waals surface area contributed by atoms with Crippen molar-refractivity contribution in [1.29, 1.82) is 0 Å². The number of carbonyl (C=O) groups is 3. The average molecular weight is 522 g/mol. The summed E-state index contributed by atoms with van der Waals surface area (Å²) in [5.41, 5.74) is 2.62. The van der Waals surface area contributed by atoms with E-state index in [2.05, 4.69) is 10.6 Å². The number of alkyl carbamates (subject to hydrolysis) is 1. The summed E-state index contributed by atoms with van der Waals surface area (Å²) in [6.07, 6.45) is 1.23. The van der Waals surface area contributed by atoms with E-state index < -0.39 is 29.3 Å². The Balaban J connectivity index is 2.04. The lowest BCUT2D eigenvalue weighted by atomic mass is 9.96. The van der Waals surface area contributed by atoms with Crippen molar-refractivity contribution in [3.8, 4) is 0 Å². The molecule has 206 valence electrons. The molecule has 1 saturated carbocycles. The highest BCUT2D eigenvalue weighted by Gasteiger charge is 2.44. The van der Waals surface area contributed by atoms with Crippen molar-refractivity contribution in [2.45, 2.75) is 104 Å². The Labute approximate surface area is 227 Å². The van der Waals surface area contributed by atoms with Gasteiger partial charge in [-0.1, -0.05) is 48.5 Å². The lowest BCUT2D eigenvalue weighted by Gasteiger charge is -2.36. The van der Waals surface area contributed by atoms with Crippen molar-refractivity contribution >= 4 is 17.9 Å². The number of carbonyl (C=O) groups excluding carboxylic acids is 3. The molecule has 1 aliphatic carbocycles. The number of aryl methyl sites for hydroxylation is 2. The van der Waals surface area contributed by atoms with E-state index in [-0.39, 0.29) is 24.3 Å². The zero-order chi connectivity index (χ0) is 28.3. The third-order valence-corrected chi connectivity index (χ3v) is 6.34. The van der Waals surface area contributed by atoms with Crippen LogP contribution in [0.4, 0.5) is 4.79 Å². The Kier molecular flexibility index (Phi) is 8.90. The van der Waals surface area contributed by atoms with Crippen LogP contribution in [0.5, 0.6) is 0 Å². The van der Waals surface area contributed by atoms with Gasteiger partial charge >= 0.3 is 6.09 Å². The van der Waals surface area contributed by atoms with Crippen LogP contribution in [0.2, 0.25) is 0 Å². The van der Waals surface area contributed by atoms with Gasteiger partial charge in [-0.05, 0) is 90.5 Å². The average Bonchev–Trinajstić information content (AvgIpc) is 3.62. The quantitative estimate of drug-likeness (QED) is 0.488. The van der Waals surface area contributed by atoms with Crippen LogP contribution < -0.4 is 10.6 Å². The minimum Gasteiger partial charge on any atom is -0.444 e. The number of rotatable bonds is 8. The maximum atomic E-state index is 14.3. The van der Waals surface area contributed by atoms with Crippen molar-refractivity contribution in [2.24, 2.45) is 0 Å². The highest BCUT2D eigenvalue weighted by Crippen LogP contribution is 2.36. The molecule has 0 bridgehead atoms. The first kappa shape index (κ1) is 29.2. The summed E-state index contributed by atoms with van der Waals surface area (Å²) in [6, 6.07) is 13.6. The Morgan fingerprint density at radius 3 is 2.11 bits per heavy atom. The third kappa shape index (κ3) is 8.33.